The third-order valence-corrected chi connectivity index (χ3v) is 6.08. The van der Waals surface area contributed by atoms with Crippen LogP contribution in [0.5, 0.6) is 5.75 Å². The second-order valence-corrected chi connectivity index (χ2v) is 9.58. The van der Waals surface area contributed by atoms with E-state index in [0.29, 0.717) is 23.3 Å². The van der Waals surface area contributed by atoms with E-state index in [1.165, 1.54) is 0 Å². The number of H-pyrrole nitrogens is 1. The van der Waals surface area contributed by atoms with Crippen LogP contribution in [0.4, 0.5) is 4.79 Å². The Morgan fingerprint density at radius 1 is 1.28 bits per heavy atom. The summed E-state index contributed by atoms with van der Waals surface area (Å²) in [5.41, 5.74) is 1.98. The fourth-order valence-corrected chi connectivity index (χ4v) is 4.32. The number of hydrogen-bond donors (Lipinski definition) is 3. The molecule has 1 aromatic carbocycles. The van der Waals surface area contributed by atoms with Gasteiger partial charge in [-0.2, -0.15) is 5.21 Å². The topological polar surface area (TPSA) is 126 Å². The molecule has 0 saturated heterocycles. The molecule has 1 unspecified atom stereocenters. The second kappa shape index (κ2) is 8.38. The predicted molar refractivity (Wildman–Crippen MR) is 119 cm³/mol. The van der Waals surface area contributed by atoms with E-state index in [0.717, 1.165) is 29.5 Å². The molecule has 4 rings (SSSR count). The zero-order valence-electron chi connectivity index (χ0n) is 18.1. The summed E-state index contributed by atoms with van der Waals surface area (Å²) in [4.78, 5) is 15.6. The van der Waals surface area contributed by atoms with E-state index in [9.17, 15) is 9.90 Å². The lowest BCUT2D eigenvalue weighted by atomic mass is 9.77. The Balaban J connectivity index is 1.51. The number of aromatic nitrogens is 5. The fourth-order valence-electron chi connectivity index (χ4n) is 4.11. The van der Waals surface area contributed by atoms with Gasteiger partial charge >= 0.3 is 6.09 Å². The van der Waals surface area contributed by atoms with Crippen LogP contribution >= 0.6 is 11.6 Å². The molecule has 168 valence electrons. The van der Waals surface area contributed by atoms with E-state index in [2.05, 4.69) is 30.9 Å². The standard InChI is InChI=1S/C22H25ClN6O3/c1-21(2,3)19(25-20(30)31)22(8-9-22)12-32-15-10-16(17(23)24-11-15)13-4-6-14(7-5-13)18-26-28-29-27-18/h4-7,10-11,19,25H,8-9,12H2,1-3H3,(H,30,31)(H,26,27,28,29). The molecule has 0 bridgehead atoms. The minimum Gasteiger partial charge on any atom is -0.491 e. The van der Waals surface area contributed by atoms with Crippen molar-refractivity contribution in [3.8, 4) is 28.3 Å². The summed E-state index contributed by atoms with van der Waals surface area (Å²) < 4.78 is 6.10. The summed E-state index contributed by atoms with van der Waals surface area (Å²) in [7, 11) is 0. The van der Waals surface area contributed by atoms with Gasteiger partial charge in [0.05, 0.1) is 12.8 Å². The SMILES string of the molecule is CC(C)(C)C(NC(=O)O)C1(COc2cnc(Cl)c(-c3ccc(-c4nn[nH]n4)cc3)c2)CC1. The van der Waals surface area contributed by atoms with Gasteiger partial charge in [0.25, 0.3) is 0 Å². The molecule has 0 aliphatic heterocycles. The highest BCUT2D eigenvalue weighted by Gasteiger charge is 2.54. The van der Waals surface area contributed by atoms with E-state index >= 15 is 0 Å². The number of aromatic amines is 1. The van der Waals surface area contributed by atoms with Crippen LogP contribution in [0.2, 0.25) is 5.15 Å². The molecular formula is C22H25ClN6O3. The van der Waals surface area contributed by atoms with Crippen LogP contribution in [-0.2, 0) is 0 Å². The third-order valence-electron chi connectivity index (χ3n) is 5.78. The maximum absolute atomic E-state index is 11.4. The molecule has 0 radical (unpaired) electrons. The van der Waals surface area contributed by atoms with Gasteiger partial charge in [-0.3, -0.25) is 0 Å². The number of ether oxygens (including phenoxy) is 1. The van der Waals surface area contributed by atoms with Gasteiger partial charge in [0.2, 0.25) is 5.82 Å². The number of nitrogens with zero attached hydrogens (tertiary/aromatic N) is 4. The van der Waals surface area contributed by atoms with Crippen molar-refractivity contribution >= 4 is 17.7 Å². The molecule has 1 saturated carbocycles. The van der Waals surface area contributed by atoms with E-state index in [4.69, 9.17) is 16.3 Å². The van der Waals surface area contributed by atoms with Crippen LogP contribution in [0.3, 0.4) is 0 Å². The Bertz CT molecular complexity index is 1090. The van der Waals surface area contributed by atoms with Gasteiger partial charge < -0.3 is 15.2 Å². The zero-order valence-corrected chi connectivity index (χ0v) is 18.8. The molecule has 1 aliphatic rings. The van der Waals surface area contributed by atoms with Gasteiger partial charge in [0.15, 0.2) is 0 Å². The van der Waals surface area contributed by atoms with Crippen molar-refractivity contribution in [2.45, 2.75) is 39.7 Å². The molecule has 0 spiro atoms. The molecule has 1 fully saturated rings. The smallest absolute Gasteiger partial charge is 0.404 e. The average Bonchev–Trinajstić information content (AvgIpc) is 3.32. The lowest BCUT2D eigenvalue weighted by molar-refractivity contribution is 0.111. The molecule has 32 heavy (non-hydrogen) atoms. The minimum atomic E-state index is -1.02. The van der Waals surface area contributed by atoms with Gasteiger partial charge in [0.1, 0.15) is 10.9 Å². The lowest BCUT2D eigenvalue weighted by Crippen LogP contribution is -2.51. The normalized spacial score (nSPS) is 15.8. The largest absolute Gasteiger partial charge is 0.491 e. The molecule has 2 heterocycles. The maximum Gasteiger partial charge on any atom is 0.404 e. The first-order valence-corrected chi connectivity index (χ1v) is 10.7. The highest BCUT2D eigenvalue weighted by Crippen LogP contribution is 2.53. The van der Waals surface area contributed by atoms with Crippen LogP contribution < -0.4 is 10.1 Å². The average molecular weight is 457 g/mol. The van der Waals surface area contributed by atoms with Crippen molar-refractivity contribution in [1.29, 1.82) is 0 Å². The van der Waals surface area contributed by atoms with Crippen LogP contribution in [0.1, 0.15) is 33.6 Å². The van der Waals surface area contributed by atoms with Gasteiger partial charge in [0, 0.05) is 22.6 Å². The number of halogens is 1. The van der Waals surface area contributed by atoms with Crippen molar-refractivity contribution < 1.29 is 14.6 Å². The van der Waals surface area contributed by atoms with Crippen molar-refractivity contribution in [3.63, 3.8) is 0 Å². The van der Waals surface area contributed by atoms with Gasteiger partial charge in [-0.05, 0) is 35.1 Å². The van der Waals surface area contributed by atoms with Crippen LogP contribution in [0, 0.1) is 10.8 Å². The Hall–Kier alpha value is -3.20. The second-order valence-electron chi connectivity index (χ2n) is 9.22. The maximum atomic E-state index is 11.4. The molecule has 1 amide bonds. The van der Waals surface area contributed by atoms with Gasteiger partial charge in [-0.25, -0.2) is 9.78 Å². The number of hydrogen-bond acceptors (Lipinski definition) is 6. The van der Waals surface area contributed by atoms with Crippen molar-refractivity contribution in [1.82, 2.24) is 30.9 Å². The lowest BCUT2D eigenvalue weighted by Gasteiger charge is -2.37. The zero-order chi connectivity index (χ0) is 22.9. The number of carboxylic acid groups (broad SMARTS) is 1. The number of carbonyl (C=O) groups is 1. The molecule has 1 aliphatic carbocycles. The number of amides is 1. The molecule has 3 N–H and O–H groups in total. The van der Waals surface area contributed by atoms with Crippen molar-refractivity contribution in [2.75, 3.05) is 6.61 Å². The first kappa shape index (κ1) is 22.0. The Morgan fingerprint density at radius 3 is 2.53 bits per heavy atom. The summed E-state index contributed by atoms with van der Waals surface area (Å²) in [6.07, 6.45) is 2.38. The Labute approximate surface area is 190 Å². The monoisotopic (exact) mass is 456 g/mol. The molecule has 9 nitrogen and oxygen atoms in total. The first-order valence-electron chi connectivity index (χ1n) is 10.3. The molecule has 2 aromatic heterocycles. The molecular weight excluding hydrogens is 432 g/mol. The summed E-state index contributed by atoms with van der Waals surface area (Å²) in [5.74, 6) is 1.09. The van der Waals surface area contributed by atoms with Crippen LogP contribution in [0.15, 0.2) is 36.5 Å². The Kier molecular flexibility index (Phi) is 5.77. The molecule has 10 heteroatoms. The number of rotatable bonds is 7. The summed E-state index contributed by atoms with van der Waals surface area (Å²) in [5, 5.41) is 26.3. The van der Waals surface area contributed by atoms with Crippen molar-refractivity contribution in [2.24, 2.45) is 10.8 Å². The highest BCUT2D eigenvalue weighted by molar-refractivity contribution is 6.32. The number of benzene rings is 1. The van der Waals surface area contributed by atoms with Crippen LogP contribution in [-0.4, -0.2) is 49.5 Å². The fraction of sp³-hybridized carbons (Fsp3) is 0.409. The van der Waals surface area contributed by atoms with E-state index < -0.39 is 6.09 Å². The third kappa shape index (κ3) is 4.67. The minimum absolute atomic E-state index is 0.218. The molecule has 1 atom stereocenters. The number of nitrogens with one attached hydrogen (secondary N) is 2. The summed E-state index contributed by atoms with van der Waals surface area (Å²) >= 11 is 6.36. The van der Waals surface area contributed by atoms with E-state index in [-0.39, 0.29) is 16.9 Å². The predicted octanol–water partition coefficient (Wildman–Crippen LogP) is 4.42. The quantitative estimate of drug-likeness (QED) is 0.449. The van der Waals surface area contributed by atoms with E-state index in [1.54, 1.807) is 6.20 Å². The molecule has 3 aromatic rings. The van der Waals surface area contributed by atoms with Crippen molar-refractivity contribution in [3.05, 3.63) is 41.7 Å². The van der Waals surface area contributed by atoms with Crippen LogP contribution in [0.25, 0.3) is 22.5 Å². The van der Waals surface area contributed by atoms with Gasteiger partial charge in [-0.1, -0.05) is 56.6 Å². The summed E-state index contributed by atoms with van der Waals surface area (Å²) in [6.45, 7) is 6.50. The first-order chi connectivity index (χ1) is 15.2. The number of tetrazole rings is 1. The van der Waals surface area contributed by atoms with Gasteiger partial charge in [-0.15, -0.1) is 10.2 Å². The number of pyridine rings is 1. The summed E-state index contributed by atoms with van der Waals surface area (Å²) in [6, 6.07) is 9.22. The highest BCUT2D eigenvalue weighted by atomic mass is 35.5. The Morgan fingerprint density at radius 2 is 1.97 bits per heavy atom. The van der Waals surface area contributed by atoms with E-state index in [1.807, 2.05) is 51.1 Å².